The number of likely N-dealkylation sites (N-methyl/N-ethyl adjacent to an activating group) is 1. The van der Waals surface area contributed by atoms with Crippen LogP contribution in [0.3, 0.4) is 0 Å². The summed E-state index contributed by atoms with van der Waals surface area (Å²) in [6.07, 6.45) is 0. The summed E-state index contributed by atoms with van der Waals surface area (Å²) in [7, 11) is 2.14. The molecule has 1 aromatic rings. The van der Waals surface area contributed by atoms with Crippen LogP contribution in [0, 0.1) is 6.92 Å². The Morgan fingerprint density at radius 1 is 1.39 bits per heavy atom. The van der Waals surface area contributed by atoms with Crippen molar-refractivity contribution in [2.24, 2.45) is 0 Å². The number of carbonyl (C=O) groups is 1. The van der Waals surface area contributed by atoms with E-state index in [0.717, 1.165) is 30.8 Å². The number of ketones is 1. The van der Waals surface area contributed by atoms with Gasteiger partial charge in [-0.1, -0.05) is 23.8 Å². The van der Waals surface area contributed by atoms with E-state index in [9.17, 15) is 4.79 Å². The molecule has 1 aliphatic heterocycles. The summed E-state index contributed by atoms with van der Waals surface area (Å²) in [5.41, 5.74) is 1.98. The van der Waals surface area contributed by atoms with E-state index in [4.69, 9.17) is 0 Å². The molecule has 1 atom stereocenters. The third-order valence-electron chi connectivity index (χ3n) is 3.65. The average molecular weight is 246 g/mol. The average Bonchev–Trinajstić information content (AvgIpc) is 2.32. The molecule has 0 radical (unpaired) electrons. The predicted octanol–water partition coefficient (Wildman–Crippen LogP) is 1.81. The molecule has 1 heterocycles. The summed E-state index contributed by atoms with van der Waals surface area (Å²) in [5, 5.41) is 0. The molecule has 2 rings (SSSR count). The normalized spacial score (nSPS) is 22.1. The number of Topliss-reactive ketones (excluding diaryl/α,β-unsaturated/α-hetero) is 1. The zero-order chi connectivity index (χ0) is 13.1. The lowest BCUT2D eigenvalue weighted by Gasteiger charge is -2.37. The number of piperazine rings is 1. The highest BCUT2D eigenvalue weighted by molar-refractivity contribution is 5.97. The Hall–Kier alpha value is -1.19. The minimum absolute atomic E-state index is 0.232. The Bertz CT molecular complexity index is 430. The highest BCUT2D eigenvalue weighted by Crippen LogP contribution is 2.11. The molecule has 0 saturated carbocycles. The lowest BCUT2D eigenvalue weighted by Crippen LogP contribution is -2.51. The van der Waals surface area contributed by atoms with E-state index in [2.05, 4.69) is 23.8 Å². The van der Waals surface area contributed by atoms with Crippen molar-refractivity contribution in [2.75, 3.05) is 33.2 Å². The molecular weight excluding hydrogens is 224 g/mol. The molecule has 0 N–H and O–H groups in total. The molecule has 1 saturated heterocycles. The second-order valence-corrected chi connectivity index (χ2v) is 5.37. The second kappa shape index (κ2) is 5.63. The molecule has 1 fully saturated rings. The fraction of sp³-hybridized carbons (Fsp3) is 0.533. The van der Waals surface area contributed by atoms with E-state index in [1.165, 1.54) is 0 Å². The van der Waals surface area contributed by atoms with E-state index in [-0.39, 0.29) is 5.78 Å². The maximum atomic E-state index is 12.2. The molecule has 98 valence electrons. The van der Waals surface area contributed by atoms with Crippen LogP contribution < -0.4 is 0 Å². The standard InChI is InChI=1S/C15H22N2O/c1-12-5-4-6-14(9-12)15(18)11-17-8-7-16(3)10-13(17)2/h4-6,9,13H,7-8,10-11H2,1-3H3. The number of carbonyl (C=O) groups excluding carboxylic acids is 1. The van der Waals surface area contributed by atoms with Gasteiger partial charge in [-0.15, -0.1) is 0 Å². The van der Waals surface area contributed by atoms with E-state index in [1.807, 2.05) is 31.2 Å². The lowest BCUT2D eigenvalue weighted by molar-refractivity contribution is 0.0747. The Labute approximate surface area is 109 Å². The Balaban J connectivity index is 1.99. The van der Waals surface area contributed by atoms with Crippen LogP contribution in [0.5, 0.6) is 0 Å². The molecule has 1 aliphatic rings. The van der Waals surface area contributed by atoms with Crippen LogP contribution in [0.15, 0.2) is 24.3 Å². The summed E-state index contributed by atoms with van der Waals surface area (Å²) in [6, 6.07) is 8.32. The number of hydrogen-bond donors (Lipinski definition) is 0. The van der Waals surface area contributed by atoms with Crippen LogP contribution in [-0.2, 0) is 0 Å². The summed E-state index contributed by atoms with van der Waals surface area (Å²) in [5.74, 6) is 0.232. The largest absolute Gasteiger partial charge is 0.304 e. The molecule has 0 bridgehead atoms. The summed E-state index contributed by atoms with van der Waals surface area (Å²) in [4.78, 5) is 16.8. The van der Waals surface area contributed by atoms with Gasteiger partial charge in [0.2, 0.25) is 0 Å². The van der Waals surface area contributed by atoms with Gasteiger partial charge < -0.3 is 4.90 Å². The zero-order valence-electron chi connectivity index (χ0n) is 11.5. The van der Waals surface area contributed by atoms with Gasteiger partial charge in [0.05, 0.1) is 6.54 Å². The van der Waals surface area contributed by atoms with Gasteiger partial charge in [0.15, 0.2) is 5.78 Å². The topological polar surface area (TPSA) is 23.6 Å². The van der Waals surface area contributed by atoms with Crippen LogP contribution in [0.2, 0.25) is 0 Å². The van der Waals surface area contributed by atoms with Crippen molar-refractivity contribution >= 4 is 5.78 Å². The minimum Gasteiger partial charge on any atom is -0.304 e. The van der Waals surface area contributed by atoms with Crippen molar-refractivity contribution in [3.8, 4) is 0 Å². The van der Waals surface area contributed by atoms with Crippen molar-refractivity contribution in [1.29, 1.82) is 0 Å². The molecule has 1 unspecified atom stereocenters. The zero-order valence-corrected chi connectivity index (χ0v) is 11.5. The summed E-state index contributed by atoms with van der Waals surface area (Å²) in [6.45, 7) is 7.83. The molecule has 0 aromatic heterocycles. The van der Waals surface area contributed by atoms with Crippen LogP contribution in [0.1, 0.15) is 22.8 Å². The fourth-order valence-electron chi connectivity index (χ4n) is 2.51. The Morgan fingerprint density at radius 3 is 2.83 bits per heavy atom. The molecule has 18 heavy (non-hydrogen) atoms. The van der Waals surface area contributed by atoms with E-state index >= 15 is 0 Å². The Morgan fingerprint density at radius 2 is 2.17 bits per heavy atom. The van der Waals surface area contributed by atoms with Gasteiger partial charge in [-0.3, -0.25) is 9.69 Å². The number of nitrogens with zero attached hydrogens (tertiary/aromatic N) is 2. The van der Waals surface area contributed by atoms with Gasteiger partial charge in [0.25, 0.3) is 0 Å². The highest BCUT2D eigenvalue weighted by atomic mass is 16.1. The molecule has 3 nitrogen and oxygen atoms in total. The van der Waals surface area contributed by atoms with Crippen molar-refractivity contribution in [1.82, 2.24) is 9.80 Å². The van der Waals surface area contributed by atoms with Crippen LogP contribution >= 0.6 is 0 Å². The van der Waals surface area contributed by atoms with E-state index in [0.29, 0.717) is 12.6 Å². The quantitative estimate of drug-likeness (QED) is 0.760. The molecule has 3 heteroatoms. The smallest absolute Gasteiger partial charge is 0.176 e. The fourth-order valence-corrected chi connectivity index (χ4v) is 2.51. The van der Waals surface area contributed by atoms with Gasteiger partial charge in [0, 0.05) is 31.2 Å². The van der Waals surface area contributed by atoms with Gasteiger partial charge >= 0.3 is 0 Å². The number of rotatable bonds is 3. The summed E-state index contributed by atoms with van der Waals surface area (Å²) < 4.78 is 0. The first-order valence-electron chi connectivity index (χ1n) is 6.58. The number of benzene rings is 1. The molecular formula is C15H22N2O. The summed E-state index contributed by atoms with van der Waals surface area (Å²) >= 11 is 0. The number of aryl methyl sites for hydroxylation is 1. The molecule has 1 aromatic carbocycles. The van der Waals surface area contributed by atoms with Crippen LogP contribution in [0.4, 0.5) is 0 Å². The third-order valence-corrected chi connectivity index (χ3v) is 3.65. The van der Waals surface area contributed by atoms with Crippen molar-refractivity contribution in [3.63, 3.8) is 0 Å². The molecule has 0 aliphatic carbocycles. The van der Waals surface area contributed by atoms with E-state index < -0.39 is 0 Å². The minimum atomic E-state index is 0.232. The van der Waals surface area contributed by atoms with Crippen LogP contribution in [0.25, 0.3) is 0 Å². The second-order valence-electron chi connectivity index (χ2n) is 5.37. The van der Waals surface area contributed by atoms with Gasteiger partial charge in [-0.05, 0) is 27.0 Å². The SMILES string of the molecule is Cc1cccc(C(=O)CN2CCN(C)CC2C)c1. The van der Waals surface area contributed by atoms with Crippen molar-refractivity contribution < 1.29 is 4.79 Å². The first kappa shape index (κ1) is 13.2. The van der Waals surface area contributed by atoms with E-state index in [1.54, 1.807) is 0 Å². The maximum absolute atomic E-state index is 12.2. The first-order valence-corrected chi connectivity index (χ1v) is 6.58. The van der Waals surface area contributed by atoms with Gasteiger partial charge in [0.1, 0.15) is 0 Å². The third kappa shape index (κ3) is 3.18. The molecule has 0 spiro atoms. The maximum Gasteiger partial charge on any atom is 0.176 e. The van der Waals surface area contributed by atoms with Gasteiger partial charge in [-0.2, -0.15) is 0 Å². The number of hydrogen-bond acceptors (Lipinski definition) is 3. The first-order chi connectivity index (χ1) is 8.56. The predicted molar refractivity (Wildman–Crippen MR) is 74.0 cm³/mol. The van der Waals surface area contributed by atoms with Crippen LogP contribution in [-0.4, -0.2) is 54.9 Å². The van der Waals surface area contributed by atoms with Crippen molar-refractivity contribution in [2.45, 2.75) is 19.9 Å². The monoisotopic (exact) mass is 246 g/mol. The highest BCUT2D eigenvalue weighted by Gasteiger charge is 2.23. The lowest BCUT2D eigenvalue weighted by atomic mass is 10.1. The van der Waals surface area contributed by atoms with Gasteiger partial charge in [-0.25, -0.2) is 0 Å². The van der Waals surface area contributed by atoms with Crippen molar-refractivity contribution in [3.05, 3.63) is 35.4 Å². The molecule has 0 amide bonds. The Kier molecular flexibility index (Phi) is 4.15.